The Morgan fingerprint density at radius 1 is 1.19 bits per heavy atom. The molecule has 21 heavy (non-hydrogen) atoms. The number of likely N-dealkylation sites (tertiary alicyclic amines) is 1. The van der Waals surface area contributed by atoms with Gasteiger partial charge in [0.05, 0.1) is 12.5 Å². The fourth-order valence-electron chi connectivity index (χ4n) is 2.74. The van der Waals surface area contributed by atoms with Gasteiger partial charge in [-0.2, -0.15) is 0 Å². The number of hydrogen-bond donors (Lipinski definition) is 3. The molecule has 0 aliphatic carbocycles. The van der Waals surface area contributed by atoms with Crippen LogP contribution in [0, 0.1) is 0 Å². The number of nitrogens with two attached hydrogens (primary N) is 2. The van der Waals surface area contributed by atoms with Gasteiger partial charge in [-0.15, -0.1) is 0 Å². The lowest BCUT2D eigenvalue weighted by Gasteiger charge is -2.33. The minimum Gasteiger partial charge on any atom is -0.368 e. The van der Waals surface area contributed by atoms with Crippen molar-refractivity contribution in [2.75, 3.05) is 6.54 Å². The Kier molecular flexibility index (Phi) is 5.30. The van der Waals surface area contributed by atoms with Crippen LogP contribution in [0.1, 0.15) is 30.4 Å². The topological polar surface area (TPSA) is 101 Å². The standard InChI is InChI=1S/C15H22N4O2/c16-15(21)13-3-1-2-8-19(13)10-12-6-4-11(5-7-12)9-14(20)18-17/h4-7,13H,1-3,8-10,17H2,(H2,16,21)(H,18,20). The number of nitrogens with one attached hydrogen (secondary N) is 1. The van der Waals surface area contributed by atoms with E-state index in [1.807, 2.05) is 24.3 Å². The number of piperidine rings is 1. The molecule has 5 N–H and O–H groups in total. The lowest BCUT2D eigenvalue weighted by Crippen LogP contribution is -2.47. The summed E-state index contributed by atoms with van der Waals surface area (Å²) in [6.07, 6.45) is 3.25. The maximum atomic E-state index is 11.5. The van der Waals surface area contributed by atoms with Crippen molar-refractivity contribution in [3.05, 3.63) is 35.4 Å². The van der Waals surface area contributed by atoms with E-state index in [1.54, 1.807) is 0 Å². The number of amides is 2. The van der Waals surface area contributed by atoms with Gasteiger partial charge in [0.25, 0.3) is 0 Å². The van der Waals surface area contributed by atoms with Gasteiger partial charge in [-0.3, -0.25) is 19.9 Å². The molecule has 1 aromatic rings. The molecule has 2 rings (SSSR count). The molecule has 1 fully saturated rings. The van der Waals surface area contributed by atoms with E-state index in [9.17, 15) is 9.59 Å². The molecular formula is C15H22N4O2. The highest BCUT2D eigenvalue weighted by Crippen LogP contribution is 2.19. The molecule has 114 valence electrons. The van der Waals surface area contributed by atoms with Crippen LogP contribution < -0.4 is 17.0 Å². The third kappa shape index (κ3) is 4.27. The van der Waals surface area contributed by atoms with Crippen molar-refractivity contribution >= 4 is 11.8 Å². The third-order valence-electron chi connectivity index (χ3n) is 3.88. The van der Waals surface area contributed by atoms with Crippen LogP contribution in [-0.4, -0.2) is 29.3 Å². The predicted octanol–water partition coefficient (Wildman–Crippen LogP) is 0.0588. The molecule has 6 nitrogen and oxygen atoms in total. The van der Waals surface area contributed by atoms with Crippen LogP contribution in [0.2, 0.25) is 0 Å². The summed E-state index contributed by atoms with van der Waals surface area (Å²) in [5.74, 6) is 4.61. The summed E-state index contributed by atoms with van der Waals surface area (Å²) >= 11 is 0. The van der Waals surface area contributed by atoms with Crippen molar-refractivity contribution in [3.63, 3.8) is 0 Å². The molecule has 0 saturated carbocycles. The average molecular weight is 290 g/mol. The fraction of sp³-hybridized carbons (Fsp3) is 0.467. The van der Waals surface area contributed by atoms with Crippen molar-refractivity contribution in [1.29, 1.82) is 0 Å². The largest absolute Gasteiger partial charge is 0.368 e. The van der Waals surface area contributed by atoms with Crippen molar-refractivity contribution < 1.29 is 9.59 Å². The molecule has 1 aromatic carbocycles. The maximum absolute atomic E-state index is 11.5. The molecule has 6 heteroatoms. The zero-order valence-electron chi connectivity index (χ0n) is 12.0. The molecular weight excluding hydrogens is 268 g/mol. The second-order valence-electron chi connectivity index (χ2n) is 5.45. The van der Waals surface area contributed by atoms with E-state index in [2.05, 4.69) is 10.3 Å². The number of primary amides is 1. The first-order chi connectivity index (χ1) is 10.1. The summed E-state index contributed by atoms with van der Waals surface area (Å²) in [5.41, 5.74) is 9.60. The summed E-state index contributed by atoms with van der Waals surface area (Å²) in [4.78, 5) is 24.8. The highest BCUT2D eigenvalue weighted by Gasteiger charge is 2.26. The molecule has 1 saturated heterocycles. The van der Waals surface area contributed by atoms with Gasteiger partial charge >= 0.3 is 0 Å². The van der Waals surface area contributed by atoms with Crippen molar-refractivity contribution in [1.82, 2.24) is 10.3 Å². The number of rotatable bonds is 5. The number of hydrazine groups is 1. The zero-order valence-corrected chi connectivity index (χ0v) is 12.0. The van der Waals surface area contributed by atoms with E-state index >= 15 is 0 Å². The molecule has 1 heterocycles. The summed E-state index contributed by atoms with van der Waals surface area (Å²) < 4.78 is 0. The first-order valence-corrected chi connectivity index (χ1v) is 7.21. The van der Waals surface area contributed by atoms with Crippen LogP contribution in [0.15, 0.2) is 24.3 Å². The van der Waals surface area contributed by atoms with Gasteiger partial charge in [0.2, 0.25) is 11.8 Å². The molecule has 2 amide bonds. The molecule has 1 atom stereocenters. The summed E-state index contributed by atoms with van der Waals surface area (Å²) in [6, 6.07) is 7.61. The molecule has 0 spiro atoms. The van der Waals surface area contributed by atoms with E-state index in [0.717, 1.165) is 36.9 Å². The Morgan fingerprint density at radius 3 is 2.48 bits per heavy atom. The van der Waals surface area contributed by atoms with E-state index in [4.69, 9.17) is 11.6 Å². The average Bonchev–Trinajstić information content (AvgIpc) is 2.49. The Bertz CT molecular complexity index is 501. The number of nitrogens with zero attached hydrogens (tertiary/aromatic N) is 1. The van der Waals surface area contributed by atoms with Crippen molar-refractivity contribution in [2.45, 2.75) is 38.3 Å². The maximum Gasteiger partial charge on any atom is 0.238 e. The number of benzene rings is 1. The quantitative estimate of drug-likeness (QED) is 0.405. The predicted molar refractivity (Wildman–Crippen MR) is 79.7 cm³/mol. The van der Waals surface area contributed by atoms with Gasteiger partial charge in [0, 0.05) is 6.54 Å². The van der Waals surface area contributed by atoms with Gasteiger partial charge in [-0.05, 0) is 30.5 Å². The highest BCUT2D eigenvalue weighted by molar-refractivity contribution is 5.80. The van der Waals surface area contributed by atoms with Gasteiger partial charge in [0.15, 0.2) is 0 Å². The van der Waals surface area contributed by atoms with E-state index in [-0.39, 0.29) is 24.3 Å². The van der Waals surface area contributed by atoms with Gasteiger partial charge in [0.1, 0.15) is 0 Å². The van der Waals surface area contributed by atoms with Crippen molar-refractivity contribution in [2.24, 2.45) is 11.6 Å². The molecule has 1 aliphatic heterocycles. The van der Waals surface area contributed by atoms with Crippen LogP contribution in [0.5, 0.6) is 0 Å². The molecule has 1 unspecified atom stereocenters. The minimum absolute atomic E-state index is 0.165. The number of carbonyl (C=O) groups excluding carboxylic acids is 2. The summed E-state index contributed by atoms with van der Waals surface area (Å²) in [7, 11) is 0. The normalized spacial score (nSPS) is 19.2. The second kappa shape index (κ2) is 7.19. The zero-order chi connectivity index (χ0) is 15.2. The highest BCUT2D eigenvalue weighted by atomic mass is 16.2. The lowest BCUT2D eigenvalue weighted by molar-refractivity contribution is -0.124. The third-order valence-corrected chi connectivity index (χ3v) is 3.88. The number of hydrogen-bond acceptors (Lipinski definition) is 4. The molecule has 1 aliphatic rings. The smallest absolute Gasteiger partial charge is 0.238 e. The van der Waals surface area contributed by atoms with Crippen molar-refractivity contribution in [3.8, 4) is 0 Å². The Hall–Kier alpha value is -1.92. The van der Waals surface area contributed by atoms with Gasteiger partial charge in [-0.1, -0.05) is 30.7 Å². The Morgan fingerprint density at radius 2 is 1.86 bits per heavy atom. The lowest BCUT2D eigenvalue weighted by atomic mass is 10.0. The Labute approximate surface area is 124 Å². The fourth-order valence-corrected chi connectivity index (χ4v) is 2.74. The first-order valence-electron chi connectivity index (χ1n) is 7.21. The molecule has 0 radical (unpaired) electrons. The monoisotopic (exact) mass is 290 g/mol. The Balaban J connectivity index is 1.98. The summed E-state index contributed by atoms with van der Waals surface area (Å²) in [6.45, 7) is 1.60. The van der Waals surface area contributed by atoms with Gasteiger partial charge < -0.3 is 5.73 Å². The minimum atomic E-state index is -0.245. The van der Waals surface area contributed by atoms with Gasteiger partial charge in [-0.25, -0.2) is 5.84 Å². The van der Waals surface area contributed by atoms with Crippen LogP contribution in [0.25, 0.3) is 0 Å². The summed E-state index contributed by atoms with van der Waals surface area (Å²) in [5, 5.41) is 0. The second-order valence-corrected chi connectivity index (χ2v) is 5.45. The van der Waals surface area contributed by atoms with Crippen LogP contribution in [0.3, 0.4) is 0 Å². The van der Waals surface area contributed by atoms with E-state index < -0.39 is 0 Å². The van der Waals surface area contributed by atoms with E-state index in [1.165, 1.54) is 0 Å². The van der Waals surface area contributed by atoms with Crippen LogP contribution in [-0.2, 0) is 22.6 Å². The molecule has 0 aromatic heterocycles. The molecule has 0 bridgehead atoms. The number of carbonyl (C=O) groups is 2. The first kappa shape index (κ1) is 15.5. The van der Waals surface area contributed by atoms with Crippen LogP contribution >= 0.6 is 0 Å². The van der Waals surface area contributed by atoms with E-state index in [0.29, 0.717) is 6.54 Å². The SMILES string of the molecule is NNC(=O)Cc1ccc(CN2CCCCC2C(N)=O)cc1. The van der Waals surface area contributed by atoms with Crippen LogP contribution in [0.4, 0.5) is 0 Å².